The highest BCUT2D eigenvalue weighted by Crippen LogP contribution is 2.14. The van der Waals surface area contributed by atoms with Crippen molar-refractivity contribution in [2.45, 2.75) is 25.6 Å². The molecule has 29 heavy (non-hydrogen) atoms. The van der Waals surface area contributed by atoms with Crippen molar-refractivity contribution in [1.82, 2.24) is 4.31 Å². The number of para-hydroxylation sites is 1. The van der Waals surface area contributed by atoms with Gasteiger partial charge in [-0.2, -0.15) is 4.31 Å². The molecule has 2 aromatic rings. The van der Waals surface area contributed by atoms with E-state index in [1.165, 1.54) is 0 Å². The fraction of sp³-hybridized carbons (Fsp3) is 0.409. The van der Waals surface area contributed by atoms with E-state index in [1.54, 1.807) is 9.21 Å². The second-order valence-electron chi connectivity index (χ2n) is 7.44. The first kappa shape index (κ1) is 21.5. The predicted molar refractivity (Wildman–Crippen MR) is 115 cm³/mol. The quantitative estimate of drug-likeness (QED) is 0.737. The Hall–Kier alpha value is -2.22. The number of hydrogen-bond acceptors (Lipinski definition) is 3. The highest BCUT2D eigenvalue weighted by Gasteiger charge is 2.35. The first-order chi connectivity index (χ1) is 13.9. The van der Waals surface area contributed by atoms with Crippen LogP contribution in [0.3, 0.4) is 0 Å². The number of hydrogen-bond donors (Lipinski definition) is 1. The molecule has 1 saturated heterocycles. The summed E-state index contributed by atoms with van der Waals surface area (Å²) in [5.41, 5.74) is 1.70. The smallest absolute Gasteiger partial charge is 0.284 e. The van der Waals surface area contributed by atoms with Gasteiger partial charge in [0.15, 0.2) is 6.04 Å². The monoisotopic (exact) mass is 416 g/mol. The molecule has 0 bridgehead atoms. The Bertz CT molecular complexity index is 895. The molecule has 1 aliphatic rings. The van der Waals surface area contributed by atoms with Crippen LogP contribution in [0.4, 0.5) is 5.69 Å². The minimum atomic E-state index is -3.35. The molecular formula is C22H30N3O3S+. The van der Waals surface area contributed by atoms with Crippen LogP contribution in [0, 0.1) is 0 Å². The molecule has 1 atom stereocenters. The summed E-state index contributed by atoms with van der Waals surface area (Å²) in [6, 6.07) is 18.7. The number of sulfonamides is 1. The third-order valence-electron chi connectivity index (χ3n) is 5.58. The number of quaternary nitrogens is 1. The van der Waals surface area contributed by atoms with Crippen molar-refractivity contribution in [2.24, 2.45) is 0 Å². The summed E-state index contributed by atoms with van der Waals surface area (Å²) in [5, 5.41) is 0. The van der Waals surface area contributed by atoms with E-state index in [0.717, 1.165) is 16.2 Å². The summed E-state index contributed by atoms with van der Waals surface area (Å²) in [5.74, 6) is 0.101. The summed E-state index contributed by atoms with van der Waals surface area (Å²) < 4.78 is 27.1. The van der Waals surface area contributed by atoms with Gasteiger partial charge in [-0.25, -0.2) is 8.42 Å². The van der Waals surface area contributed by atoms with Crippen LogP contribution in [0.1, 0.15) is 19.4 Å². The van der Waals surface area contributed by atoms with E-state index >= 15 is 0 Å². The highest BCUT2D eigenvalue weighted by atomic mass is 32.2. The van der Waals surface area contributed by atoms with Gasteiger partial charge >= 0.3 is 0 Å². The van der Waals surface area contributed by atoms with Crippen LogP contribution < -0.4 is 9.80 Å². The van der Waals surface area contributed by atoms with Gasteiger partial charge < -0.3 is 9.80 Å². The van der Waals surface area contributed by atoms with Crippen molar-refractivity contribution >= 4 is 21.6 Å². The fourth-order valence-corrected chi connectivity index (χ4v) is 5.38. The molecule has 6 nitrogen and oxygen atoms in total. The van der Waals surface area contributed by atoms with E-state index < -0.39 is 10.0 Å². The molecule has 1 heterocycles. The number of benzene rings is 2. The van der Waals surface area contributed by atoms with E-state index in [2.05, 4.69) is 0 Å². The topological polar surface area (TPSA) is 62.1 Å². The molecule has 0 radical (unpaired) electrons. The van der Waals surface area contributed by atoms with Gasteiger partial charge in [0.05, 0.1) is 31.9 Å². The summed E-state index contributed by atoms with van der Waals surface area (Å²) in [7, 11) is -3.35. The fourth-order valence-electron chi connectivity index (χ4n) is 3.84. The van der Waals surface area contributed by atoms with Gasteiger partial charge in [0.1, 0.15) is 0 Å². The first-order valence-electron chi connectivity index (χ1n) is 10.1. The van der Waals surface area contributed by atoms with Crippen molar-refractivity contribution in [3.05, 3.63) is 66.2 Å². The van der Waals surface area contributed by atoms with Gasteiger partial charge in [-0.15, -0.1) is 0 Å². The van der Waals surface area contributed by atoms with Crippen molar-refractivity contribution < 1.29 is 18.1 Å². The Kier molecular flexibility index (Phi) is 7.05. The van der Waals surface area contributed by atoms with E-state index in [0.29, 0.717) is 32.7 Å². The Morgan fingerprint density at radius 2 is 1.59 bits per heavy atom. The van der Waals surface area contributed by atoms with Crippen molar-refractivity contribution in [3.63, 3.8) is 0 Å². The van der Waals surface area contributed by atoms with Crippen LogP contribution >= 0.6 is 0 Å². The van der Waals surface area contributed by atoms with Gasteiger partial charge in [-0.3, -0.25) is 4.79 Å². The number of piperazine rings is 1. The average Bonchev–Trinajstić information content (AvgIpc) is 2.75. The highest BCUT2D eigenvalue weighted by molar-refractivity contribution is 7.88. The number of nitrogens with one attached hydrogen (secondary N) is 1. The Balaban J connectivity index is 1.60. The van der Waals surface area contributed by atoms with E-state index in [1.807, 2.05) is 74.5 Å². The lowest BCUT2D eigenvalue weighted by atomic mass is 10.2. The number of carbonyl (C=O) groups is 1. The normalized spacial score (nSPS) is 17.0. The molecule has 0 spiro atoms. The number of rotatable bonds is 7. The van der Waals surface area contributed by atoms with Crippen LogP contribution in [0.2, 0.25) is 0 Å². The van der Waals surface area contributed by atoms with E-state index in [4.69, 9.17) is 0 Å². The molecular weight excluding hydrogens is 386 g/mol. The predicted octanol–water partition coefficient (Wildman–Crippen LogP) is 1.16. The van der Waals surface area contributed by atoms with Gasteiger partial charge in [0.25, 0.3) is 5.91 Å². The van der Waals surface area contributed by atoms with Crippen molar-refractivity contribution in [2.75, 3.05) is 37.6 Å². The maximum Gasteiger partial charge on any atom is 0.284 e. The lowest BCUT2D eigenvalue weighted by molar-refractivity contribution is -0.917. The number of anilines is 1. The molecule has 7 heteroatoms. The number of carbonyl (C=O) groups excluding carboxylic acids is 1. The second-order valence-corrected chi connectivity index (χ2v) is 9.41. The van der Waals surface area contributed by atoms with E-state index in [-0.39, 0.29) is 17.7 Å². The maximum atomic E-state index is 13.1. The van der Waals surface area contributed by atoms with Crippen LogP contribution in [-0.2, 0) is 20.6 Å². The molecule has 156 valence electrons. The van der Waals surface area contributed by atoms with Gasteiger partial charge in [0.2, 0.25) is 10.0 Å². The zero-order chi connectivity index (χ0) is 20.9. The number of likely N-dealkylation sites (N-methyl/N-ethyl adjacent to an activating group) is 1. The summed E-state index contributed by atoms with van der Waals surface area (Å²) in [6.45, 7) is 6.68. The zero-order valence-corrected chi connectivity index (χ0v) is 17.9. The summed E-state index contributed by atoms with van der Waals surface area (Å²) in [4.78, 5) is 16.0. The lowest BCUT2D eigenvalue weighted by Gasteiger charge is -2.35. The minimum absolute atomic E-state index is 0.0231. The molecule has 1 N–H and O–H groups in total. The van der Waals surface area contributed by atoms with Crippen LogP contribution in [0.15, 0.2) is 60.7 Å². The molecule has 1 aliphatic heterocycles. The molecule has 3 rings (SSSR count). The Labute approximate surface area is 173 Å². The molecule has 1 fully saturated rings. The molecule has 0 saturated carbocycles. The van der Waals surface area contributed by atoms with E-state index in [9.17, 15) is 13.2 Å². The van der Waals surface area contributed by atoms with Gasteiger partial charge in [0, 0.05) is 12.2 Å². The molecule has 0 unspecified atom stereocenters. The van der Waals surface area contributed by atoms with Crippen molar-refractivity contribution in [3.8, 4) is 0 Å². The standard InChI is InChI=1S/C22H29N3O3S/c1-3-25(21-12-8-5-9-13-21)22(26)19(2)23-14-16-24(17-15-23)29(27,28)18-20-10-6-4-7-11-20/h4-13,19H,3,14-18H2,1-2H3/p+1/t19-/m1/s1. The first-order valence-corrected chi connectivity index (χ1v) is 11.8. The molecule has 0 aliphatic carbocycles. The molecule has 2 aromatic carbocycles. The Morgan fingerprint density at radius 1 is 1.03 bits per heavy atom. The zero-order valence-electron chi connectivity index (χ0n) is 17.1. The van der Waals surface area contributed by atoms with Gasteiger partial charge in [-0.1, -0.05) is 48.5 Å². The molecule has 1 amide bonds. The third kappa shape index (κ3) is 5.23. The number of nitrogens with zero attached hydrogens (tertiary/aromatic N) is 2. The second kappa shape index (κ2) is 9.52. The van der Waals surface area contributed by atoms with Gasteiger partial charge in [-0.05, 0) is 31.5 Å². The lowest BCUT2D eigenvalue weighted by Crippen LogP contribution is -3.19. The average molecular weight is 417 g/mol. The van der Waals surface area contributed by atoms with Crippen LogP contribution in [-0.4, -0.2) is 57.4 Å². The maximum absolute atomic E-state index is 13.1. The summed E-state index contributed by atoms with van der Waals surface area (Å²) >= 11 is 0. The largest absolute Gasteiger partial charge is 0.323 e. The Morgan fingerprint density at radius 3 is 2.14 bits per heavy atom. The summed E-state index contributed by atoms with van der Waals surface area (Å²) in [6.07, 6.45) is 0. The third-order valence-corrected chi connectivity index (χ3v) is 7.43. The van der Waals surface area contributed by atoms with Crippen molar-refractivity contribution in [1.29, 1.82) is 0 Å². The minimum Gasteiger partial charge on any atom is -0.323 e. The van der Waals surface area contributed by atoms with Crippen LogP contribution in [0.25, 0.3) is 0 Å². The van der Waals surface area contributed by atoms with Crippen LogP contribution in [0.5, 0.6) is 0 Å². The number of amides is 1. The SMILES string of the molecule is CCN(C(=O)[C@@H](C)[NH+]1CCN(S(=O)(=O)Cc2ccccc2)CC1)c1ccccc1. The molecule has 0 aromatic heterocycles.